The van der Waals surface area contributed by atoms with Crippen LogP contribution in [-0.4, -0.2) is 44.0 Å². The monoisotopic (exact) mass is 400 g/mol. The maximum atomic E-state index is 13.4. The van der Waals surface area contributed by atoms with Gasteiger partial charge in [0, 0.05) is 29.6 Å². The number of thioether (sulfide) groups is 1. The number of aromatic nitrogens is 2. The quantitative estimate of drug-likeness (QED) is 0.586. The van der Waals surface area contributed by atoms with E-state index in [1.165, 1.54) is 23.9 Å². The zero-order chi connectivity index (χ0) is 19.7. The van der Waals surface area contributed by atoms with E-state index in [0.29, 0.717) is 22.0 Å². The summed E-state index contributed by atoms with van der Waals surface area (Å²) in [5.41, 5.74) is 5.76. The van der Waals surface area contributed by atoms with Gasteiger partial charge < -0.3 is 20.6 Å². The van der Waals surface area contributed by atoms with Crippen LogP contribution in [0.3, 0.4) is 0 Å². The van der Waals surface area contributed by atoms with E-state index in [9.17, 15) is 14.3 Å². The molecule has 0 fully saturated rings. The third-order valence-electron chi connectivity index (χ3n) is 4.49. The van der Waals surface area contributed by atoms with Gasteiger partial charge in [-0.25, -0.2) is 14.2 Å². The Morgan fingerprint density at radius 1 is 1.39 bits per heavy atom. The molecule has 1 unspecified atom stereocenters. The molecule has 0 saturated carbocycles. The average Bonchev–Trinajstić information content (AvgIpc) is 3.25. The number of fused-ring (bicyclic) bond motifs is 1. The van der Waals surface area contributed by atoms with E-state index in [2.05, 4.69) is 15.0 Å². The highest BCUT2D eigenvalue weighted by molar-refractivity contribution is 8.14. The number of aliphatic imine (C=N–C) groups is 1. The highest BCUT2D eigenvalue weighted by atomic mass is 32.2. The van der Waals surface area contributed by atoms with Crippen LogP contribution in [0.2, 0.25) is 0 Å². The summed E-state index contributed by atoms with van der Waals surface area (Å²) in [4.78, 5) is 23.5. The van der Waals surface area contributed by atoms with E-state index in [1.54, 1.807) is 24.4 Å². The van der Waals surface area contributed by atoms with Gasteiger partial charge in [0.05, 0.1) is 0 Å². The van der Waals surface area contributed by atoms with Crippen molar-refractivity contribution in [3.8, 4) is 5.75 Å². The lowest BCUT2D eigenvalue weighted by Crippen LogP contribution is -2.39. The molecule has 0 saturated heterocycles. The topological polar surface area (TPSA) is 114 Å². The summed E-state index contributed by atoms with van der Waals surface area (Å²) in [6.45, 7) is 0.119. The number of halogens is 1. The molecule has 1 aromatic carbocycles. The molecule has 0 radical (unpaired) electrons. The number of hydrogen-bond acceptors (Lipinski definition) is 6. The van der Waals surface area contributed by atoms with Crippen LogP contribution < -0.4 is 10.5 Å². The van der Waals surface area contributed by atoms with Crippen molar-refractivity contribution in [2.75, 3.05) is 18.1 Å². The van der Waals surface area contributed by atoms with Gasteiger partial charge in [0.2, 0.25) is 0 Å². The molecule has 28 heavy (non-hydrogen) atoms. The summed E-state index contributed by atoms with van der Waals surface area (Å²) in [7, 11) is 0. The maximum absolute atomic E-state index is 13.4. The molecule has 144 valence electrons. The fourth-order valence-electron chi connectivity index (χ4n) is 3.09. The minimum Gasteiger partial charge on any atom is -0.483 e. The van der Waals surface area contributed by atoms with Gasteiger partial charge in [-0.1, -0.05) is 0 Å². The van der Waals surface area contributed by atoms with Crippen LogP contribution in [0.25, 0.3) is 10.9 Å². The number of rotatable bonds is 6. The van der Waals surface area contributed by atoms with Gasteiger partial charge in [0.15, 0.2) is 17.1 Å². The van der Waals surface area contributed by atoms with Gasteiger partial charge in [-0.3, -0.25) is 4.99 Å². The molecule has 4 N–H and O–H groups in total. The number of aromatic amines is 1. The van der Waals surface area contributed by atoms with Crippen molar-refractivity contribution in [2.45, 2.75) is 12.0 Å². The molecule has 1 atom stereocenters. The minimum absolute atomic E-state index is 0.119. The molecule has 2 aromatic heterocycles. The number of ether oxygens (including phenoxy) is 1. The summed E-state index contributed by atoms with van der Waals surface area (Å²) in [6, 6.07) is 9.63. The first-order valence-corrected chi connectivity index (χ1v) is 9.49. The van der Waals surface area contributed by atoms with Crippen molar-refractivity contribution in [3.63, 3.8) is 0 Å². The standard InChI is InChI=1S/C19H17FN4O3S/c20-12-4-3-11-6-13(23-14(11)7-12)8-19(18(25)26)10-28-16(24-19)9-27-15-2-1-5-22-17(15)21/h1-7,23H,8-10H2,(H2,21,22)(H,25,26). The normalized spacial score (nSPS) is 19.0. The molecule has 0 bridgehead atoms. The number of anilines is 1. The first-order chi connectivity index (χ1) is 13.4. The fourth-order valence-corrected chi connectivity index (χ4v) is 4.17. The van der Waals surface area contributed by atoms with E-state index in [0.717, 1.165) is 5.39 Å². The highest BCUT2D eigenvalue weighted by Crippen LogP contribution is 2.33. The van der Waals surface area contributed by atoms with Gasteiger partial charge in [-0.2, -0.15) is 0 Å². The average molecular weight is 400 g/mol. The van der Waals surface area contributed by atoms with Crippen LogP contribution in [-0.2, 0) is 11.2 Å². The van der Waals surface area contributed by atoms with Gasteiger partial charge >= 0.3 is 5.97 Å². The second-order valence-corrected chi connectivity index (χ2v) is 7.56. The Morgan fingerprint density at radius 2 is 2.25 bits per heavy atom. The molecule has 7 nitrogen and oxygen atoms in total. The number of nitrogen functional groups attached to an aromatic ring is 1. The molecule has 1 aliphatic rings. The number of hydrogen-bond donors (Lipinski definition) is 3. The van der Waals surface area contributed by atoms with Crippen molar-refractivity contribution >= 4 is 39.5 Å². The van der Waals surface area contributed by atoms with E-state index >= 15 is 0 Å². The summed E-state index contributed by atoms with van der Waals surface area (Å²) in [6.07, 6.45) is 1.73. The lowest BCUT2D eigenvalue weighted by molar-refractivity contribution is -0.142. The Labute approximate surface area is 163 Å². The molecule has 0 aliphatic carbocycles. The van der Waals surface area contributed by atoms with Crippen LogP contribution in [0.5, 0.6) is 5.75 Å². The van der Waals surface area contributed by atoms with Crippen LogP contribution in [0.4, 0.5) is 10.2 Å². The molecule has 0 spiro atoms. The number of H-pyrrole nitrogens is 1. The summed E-state index contributed by atoms with van der Waals surface area (Å²) >= 11 is 1.34. The van der Waals surface area contributed by atoms with E-state index in [4.69, 9.17) is 10.5 Å². The van der Waals surface area contributed by atoms with E-state index in [1.807, 2.05) is 6.07 Å². The van der Waals surface area contributed by atoms with Gasteiger partial charge in [-0.15, -0.1) is 11.8 Å². The molecule has 3 heterocycles. The predicted molar refractivity (Wildman–Crippen MR) is 106 cm³/mol. The summed E-state index contributed by atoms with van der Waals surface area (Å²) < 4.78 is 19.0. The number of aliphatic carboxylic acids is 1. The largest absolute Gasteiger partial charge is 0.483 e. The zero-order valence-electron chi connectivity index (χ0n) is 14.7. The Morgan fingerprint density at radius 3 is 3.04 bits per heavy atom. The van der Waals surface area contributed by atoms with Crippen molar-refractivity contribution in [3.05, 3.63) is 54.1 Å². The molecule has 1 aliphatic heterocycles. The summed E-state index contributed by atoms with van der Waals surface area (Å²) in [5.74, 6) is -0.386. The number of carboxylic acid groups (broad SMARTS) is 1. The minimum atomic E-state index is -1.30. The molecule has 4 rings (SSSR count). The van der Waals surface area contributed by atoms with Crippen molar-refractivity contribution in [1.82, 2.24) is 9.97 Å². The smallest absolute Gasteiger partial charge is 0.332 e. The Bertz CT molecular complexity index is 1080. The maximum Gasteiger partial charge on any atom is 0.332 e. The molecule has 3 aromatic rings. The van der Waals surface area contributed by atoms with Crippen molar-refractivity contribution in [1.29, 1.82) is 0 Å². The Kier molecular flexibility index (Phi) is 4.68. The predicted octanol–water partition coefficient (Wildman–Crippen LogP) is 2.87. The molecular weight excluding hydrogens is 383 g/mol. The second-order valence-electron chi connectivity index (χ2n) is 6.51. The zero-order valence-corrected chi connectivity index (χ0v) is 15.5. The first-order valence-electron chi connectivity index (χ1n) is 8.50. The number of carbonyl (C=O) groups is 1. The second kappa shape index (κ2) is 7.16. The fraction of sp³-hybridized carbons (Fsp3) is 0.211. The van der Waals surface area contributed by atoms with E-state index < -0.39 is 11.5 Å². The lowest BCUT2D eigenvalue weighted by atomic mass is 9.96. The van der Waals surface area contributed by atoms with Crippen LogP contribution >= 0.6 is 11.8 Å². The number of benzene rings is 1. The number of pyridine rings is 1. The van der Waals surface area contributed by atoms with Crippen molar-refractivity contribution in [2.24, 2.45) is 4.99 Å². The SMILES string of the molecule is Nc1ncccc1OCC1=NC(Cc2cc3ccc(F)cc3[nH]2)(C(=O)O)CS1. The van der Waals surface area contributed by atoms with E-state index in [-0.39, 0.29) is 30.4 Å². The molecular formula is C19H17FN4O3S. The number of nitrogens with zero attached hydrogens (tertiary/aromatic N) is 2. The van der Waals surface area contributed by atoms with Crippen LogP contribution in [0.1, 0.15) is 5.69 Å². The molecule has 9 heteroatoms. The van der Waals surface area contributed by atoms with Crippen LogP contribution in [0.15, 0.2) is 47.6 Å². The summed E-state index contributed by atoms with van der Waals surface area (Å²) in [5, 5.41) is 11.2. The van der Waals surface area contributed by atoms with Gasteiger partial charge in [0.25, 0.3) is 0 Å². The first kappa shape index (κ1) is 18.3. The Hall–Kier alpha value is -3.07. The lowest BCUT2D eigenvalue weighted by Gasteiger charge is -2.19. The number of nitrogens with one attached hydrogen (secondary N) is 1. The van der Waals surface area contributed by atoms with Crippen LogP contribution in [0, 0.1) is 5.82 Å². The van der Waals surface area contributed by atoms with Crippen molar-refractivity contribution < 1.29 is 19.0 Å². The number of nitrogens with two attached hydrogens (primary N) is 1. The van der Waals surface area contributed by atoms with Gasteiger partial charge in [-0.05, 0) is 41.8 Å². The Balaban J connectivity index is 1.54. The third-order valence-corrected chi connectivity index (χ3v) is 5.65. The number of carboxylic acids is 1. The third kappa shape index (κ3) is 3.53. The van der Waals surface area contributed by atoms with Gasteiger partial charge in [0.1, 0.15) is 17.5 Å². The highest BCUT2D eigenvalue weighted by Gasteiger charge is 2.43. The molecule has 0 amide bonds.